The summed E-state index contributed by atoms with van der Waals surface area (Å²) < 4.78 is 17.6. The molecule has 2 heterocycles. The van der Waals surface area contributed by atoms with Gasteiger partial charge in [-0.25, -0.2) is 4.79 Å². The average molecular weight is 1210 g/mol. The number of aliphatic hydroxyl groups excluding tert-OH is 2. The Morgan fingerprint density at radius 2 is 1.04 bits per heavy atom. The third kappa shape index (κ3) is 20.2. The van der Waals surface area contributed by atoms with Gasteiger partial charge in [0.05, 0.1) is 68.9 Å². The Labute approximate surface area is 491 Å². The van der Waals surface area contributed by atoms with Gasteiger partial charge in [-0.2, -0.15) is 0 Å². The number of nitrogens with one attached hydrogen (secondary N) is 1. The lowest BCUT2D eigenvalue weighted by atomic mass is 10.0. The zero-order valence-electron chi connectivity index (χ0n) is 51.0. The molecule has 2 aliphatic rings. The molecule has 0 aromatic heterocycles. The summed E-state index contributed by atoms with van der Waals surface area (Å²) >= 11 is 0. The van der Waals surface area contributed by atoms with E-state index in [0.717, 1.165) is 35.8 Å². The Morgan fingerprint density at radius 3 is 1.46 bits per heavy atom. The summed E-state index contributed by atoms with van der Waals surface area (Å²) in [7, 11) is -2.20. The zero-order valence-corrected chi connectivity index (χ0v) is 53.0. The monoisotopic (exact) mass is 1210 g/mol. The van der Waals surface area contributed by atoms with E-state index in [0.29, 0.717) is 60.6 Å². The molecule has 4 atom stereocenters. The maximum absolute atomic E-state index is 13.2. The number of hydrogen-bond acceptors (Lipinski definition) is 19. The number of likely N-dealkylation sites (tertiary alicyclic amines) is 1. The van der Waals surface area contributed by atoms with Gasteiger partial charge in [0.15, 0.2) is 29.2 Å². The Kier molecular flexibility index (Phi) is 26.3. The highest BCUT2D eigenvalue weighted by atomic mass is 28.4. The number of phenolic OH excluding ortho intramolecular Hbond substituents is 1. The van der Waals surface area contributed by atoms with Crippen LogP contribution in [0.25, 0.3) is 0 Å². The number of nitro benzene ring substituents is 4. The number of benzene rings is 4. The van der Waals surface area contributed by atoms with E-state index in [1.54, 1.807) is 34.6 Å². The second kappa shape index (κ2) is 30.4. The first-order valence-corrected chi connectivity index (χ1v) is 32.5. The van der Waals surface area contributed by atoms with Crippen LogP contribution in [-0.2, 0) is 8.85 Å². The molecule has 0 radical (unpaired) electrons. The lowest BCUT2D eigenvalue weighted by Gasteiger charge is -2.38. The first kappa shape index (κ1) is 72.7. The van der Waals surface area contributed by atoms with Gasteiger partial charge in [0.1, 0.15) is 22.6 Å². The van der Waals surface area contributed by atoms with Gasteiger partial charge in [-0.3, -0.25) is 54.8 Å². The second-order valence-corrected chi connectivity index (χ2v) is 33.3. The van der Waals surface area contributed by atoms with Crippen molar-refractivity contribution in [3.8, 4) is 11.5 Å². The van der Waals surface area contributed by atoms with Crippen LogP contribution < -0.4 is 10.1 Å². The molecular weight excluding hydrogens is 1130 g/mol. The maximum atomic E-state index is 13.2. The van der Waals surface area contributed by atoms with Crippen molar-refractivity contribution in [2.75, 3.05) is 33.4 Å². The summed E-state index contributed by atoms with van der Waals surface area (Å²) in [5, 5.41) is 83.9. The number of nitro groups is 4. The number of ether oxygens (including phenoxy) is 1. The van der Waals surface area contributed by atoms with Crippen LogP contribution in [-0.4, -0.2) is 144 Å². The number of phenols is 1. The van der Waals surface area contributed by atoms with Crippen LogP contribution in [0.5, 0.6) is 11.5 Å². The number of aromatic hydroxyl groups is 1. The minimum Gasteiger partial charge on any atom is -0.507 e. The fourth-order valence-electron chi connectivity index (χ4n) is 7.80. The number of aldehydes is 2. The molecule has 462 valence electrons. The number of amides is 1. The summed E-state index contributed by atoms with van der Waals surface area (Å²) in [4.78, 5) is 86.8. The van der Waals surface area contributed by atoms with Crippen LogP contribution in [0.3, 0.4) is 0 Å². The van der Waals surface area contributed by atoms with E-state index in [1.807, 2.05) is 6.92 Å². The van der Waals surface area contributed by atoms with Gasteiger partial charge >= 0.3 is 5.97 Å². The van der Waals surface area contributed by atoms with E-state index in [4.69, 9.17) is 23.8 Å². The number of aliphatic hydroxyl groups is 2. The van der Waals surface area contributed by atoms with Gasteiger partial charge < -0.3 is 44.2 Å². The SMILES string of the molecule is CC(C)(C)[Si](C)(C)OC[C@@H]1C[C@@H](O)CN1.COc1cc(C(=O)N2C[C@H](O)C[C@H]2CO[Si](C)(C)C(C)(C)C)c([N+](=O)[O-])cc1C.Cc1cc(C(=O)O)c([N+](=O)[O-])cc1C.Cc1cc(C=O)c([N+](=O)[O-])cc1C.Cc1cc(C=O)c([N+](=O)[O-])cc1O. The smallest absolute Gasteiger partial charge is 0.342 e. The number of nitrogens with zero attached hydrogens (tertiary/aromatic N) is 5. The molecule has 5 N–H and O–H groups in total. The van der Waals surface area contributed by atoms with Gasteiger partial charge in [0.25, 0.3) is 28.7 Å². The van der Waals surface area contributed by atoms with Crippen LogP contribution in [0.2, 0.25) is 36.3 Å². The molecule has 2 saturated heterocycles. The average Bonchev–Trinajstić information content (AvgIpc) is 3.82. The molecule has 0 bridgehead atoms. The van der Waals surface area contributed by atoms with Crippen LogP contribution in [0.1, 0.15) is 129 Å². The predicted octanol–water partition coefficient (Wildman–Crippen LogP) is 10.6. The van der Waals surface area contributed by atoms with Gasteiger partial charge in [-0.15, -0.1) is 0 Å². The third-order valence-electron chi connectivity index (χ3n) is 15.4. The Hall–Kier alpha value is -7.41. The van der Waals surface area contributed by atoms with Crippen molar-refractivity contribution in [2.45, 2.75) is 156 Å². The summed E-state index contributed by atoms with van der Waals surface area (Å²) in [5.41, 5.74) is 2.83. The van der Waals surface area contributed by atoms with Gasteiger partial charge in [0, 0.05) is 50.0 Å². The summed E-state index contributed by atoms with van der Waals surface area (Å²) in [6.07, 6.45) is 1.25. The van der Waals surface area contributed by atoms with Crippen molar-refractivity contribution in [3.05, 3.63) is 145 Å². The molecule has 0 aliphatic carbocycles. The molecule has 84 heavy (non-hydrogen) atoms. The Morgan fingerprint density at radius 1 is 0.619 bits per heavy atom. The zero-order chi connectivity index (χ0) is 64.7. The molecular formula is C57H82N6O19Si2. The van der Waals surface area contributed by atoms with E-state index >= 15 is 0 Å². The molecule has 0 saturated carbocycles. The fourth-order valence-corrected chi connectivity index (χ4v) is 9.89. The summed E-state index contributed by atoms with van der Waals surface area (Å²) in [6, 6.07) is 10.5. The van der Waals surface area contributed by atoms with Crippen molar-refractivity contribution < 1.29 is 72.9 Å². The van der Waals surface area contributed by atoms with Gasteiger partial charge in [0.2, 0.25) is 0 Å². The van der Waals surface area contributed by atoms with Crippen LogP contribution in [0, 0.1) is 82.0 Å². The molecule has 4 aromatic rings. The maximum Gasteiger partial charge on any atom is 0.342 e. The number of aryl methyl sites for hydroxylation is 6. The minimum atomic E-state index is -2.04. The molecule has 4 aromatic carbocycles. The summed E-state index contributed by atoms with van der Waals surface area (Å²) in [6.45, 7) is 34.0. The normalized spacial score (nSPS) is 16.6. The molecule has 0 unspecified atom stereocenters. The first-order valence-electron chi connectivity index (χ1n) is 26.7. The number of aromatic carboxylic acids is 1. The number of carboxylic acid groups (broad SMARTS) is 1. The Balaban J connectivity index is 0.000000377. The van der Waals surface area contributed by atoms with E-state index < -0.39 is 54.3 Å². The third-order valence-corrected chi connectivity index (χ3v) is 24.4. The lowest BCUT2D eigenvalue weighted by Crippen LogP contribution is -2.46. The van der Waals surface area contributed by atoms with Crippen LogP contribution in [0.4, 0.5) is 22.7 Å². The number of hydrogen-bond donors (Lipinski definition) is 5. The molecule has 6 rings (SSSR count). The lowest BCUT2D eigenvalue weighted by molar-refractivity contribution is -0.385. The van der Waals surface area contributed by atoms with Gasteiger partial charge in [-0.1, -0.05) is 41.5 Å². The van der Waals surface area contributed by atoms with E-state index in [9.17, 15) is 69.8 Å². The molecule has 1 amide bonds. The topological polar surface area (TPSA) is 365 Å². The number of β-amino-alcohol motifs (C(OH)–C–C–N with tert-alkyl or cyclic N) is 2. The predicted molar refractivity (Wildman–Crippen MR) is 321 cm³/mol. The van der Waals surface area contributed by atoms with Crippen molar-refractivity contribution in [1.82, 2.24) is 10.2 Å². The first-order chi connectivity index (χ1) is 38.5. The number of rotatable bonds is 15. The fraction of sp³-hybridized carbons (Fsp3) is 0.509. The quantitative estimate of drug-likeness (QED) is 0.0319. The molecule has 2 aliphatic heterocycles. The van der Waals surface area contributed by atoms with E-state index in [-0.39, 0.29) is 79.5 Å². The van der Waals surface area contributed by atoms with Crippen LogP contribution in [0.15, 0.2) is 48.5 Å². The molecule has 0 spiro atoms. The number of carbonyl (C=O) groups excluding carboxylic acids is 3. The number of carbonyl (C=O) groups is 4. The summed E-state index contributed by atoms with van der Waals surface area (Å²) in [5.74, 6) is -1.54. The van der Waals surface area contributed by atoms with Crippen molar-refractivity contribution in [1.29, 1.82) is 0 Å². The number of carboxylic acids is 1. The van der Waals surface area contributed by atoms with Gasteiger partial charge in [-0.05, 0) is 142 Å². The highest BCUT2D eigenvalue weighted by Crippen LogP contribution is 2.39. The van der Waals surface area contributed by atoms with Crippen molar-refractivity contribution in [3.63, 3.8) is 0 Å². The highest BCUT2D eigenvalue weighted by molar-refractivity contribution is 6.74. The van der Waals surface area contributed by atoms with E-state index in [1.165, 1.54) is 54.5 Å². The second-order valence-electron chi connectivity index (χ2n) is 23.7. The Bertz CT molecular complexity index is 2950. The van der Waals surface area contributed by atoms with E-state index in [2.05, 4.69) is 73.0 Å². The minimum absolute atomic E-state index is 0.0160. The largest absolute Gasteiger partial charge is 0.507 e. The highest BCUT2D eigenvalue weighted by Gasteiger charge is 2.42. The standard InChI is InChI=1S/C20H32N2O6Si.C11H25NO2Si.C9H9NO4.C9H9NO3.C8H7NO4/c1-13-8-17(22(25)26)16(10-18(13)27-5)19(24)21-11-15(23)9-14(21)12-28-29(6,7)20(2,3)4;1-11(2,3)15(4,5)14-8-9-6-10(13)7-12-9;1-5-3-7(9(11)12)8(10(13)14)4-6(5)2;1-6-3-8(5-11)9(10(12)13)4-7(6)2;1-5-2-6(4-10)7(9(12)13)3-8(5)11/h8,10,14-15,23H,9,11-12H2,1-7H3;9-10,12-13H,6-8H2,1-5H3;3-4H,1-2H3,(H,11,12);3-5H,1-2H3;2-4,11H,1H3/t14-,15+;9-,10+;;;/m00.../s1. The number of methoxy groups -OCH3 is 1. The van der Waals surface area contributed by atoms with Crippen molar-refractivity contribution >= 4 is 63.8 Å². The molecule has 2 fully saturated rings. The van der Waals surface area contributed by atoms with Crippen LogP contribution >= 0.6 is 0 Å². The van der Waals surface area contributed by atoms with Crippen molar-refractivity contribution in [2.24, 2.45) is 0 Å². The molecule has 25 nitrogen and oxygen atoms in total. The molecule has 27 heteroatoms.